The lowest BCUT2D eigenvalue weighted by Gasteiger charge is -2.06. The van der Waals surface area contributed by atoms with Crippen LogP contribution in [0.4, 0.5) is 0 Å². The van der Waals surface area contributed by atoms with Crippen molar-refractivity contribution in [3.8, 4) is 5.88 Å². The topological polar surface area (TPSA) is 44.2 Å². The van der Waals surface area contributed by atoms with E-state index in [2.05, 4.69) is 9.97 Å². The van der Waals surface area contributed by atoms with E-state index >= 15 is 0 Å². The van der Waals surface area contributed by atoms with Crippen LogP contribution in [0, 0.1) is 5.92 Å². The van der Waals surface area contributed by atoms with E-state index in [1.807, 2.05) is 6.92 Å². The number of hydrogen-bond acceptors (Lipinski definition) is 4. The Morgan fingerprint density at radius 3 is 2.94 bits per heavy atom. The van der Waals surface area contributed by atoms with E-state index in [4.69, 9.17) is 21.1 Å². The van der Waals surface area contributed by atoms with Crippen molar-refractivity contribution >= 4 is 11.6 Å². The van der Waals surface area contributed by atoms with Gasteiger partial charge < -0.3 is 9.47 Å². The molecule has 4 nitrogen and oxygen atoms in total. The van der Waals surface area contributed by atoms with Gasteiger partial charge in [-0.2, -0.15) is 4.98 Å². The first-order chi connectivity index (χ1) is 7.78. The van der Waals surface area contributed by atoms with E-state index in [-0.39, 0.29) is 0 Å². The highest BCUT2D eigenvalue weighted by atomic mass is 35.5. The predicted octanol–water partition coefficient (Wildman–Crippen LogP) is 2.46. The van der Waals surface area contributed by atoms with Gasteiger partial charge in [0.2, 0.25) is 5.88 Å². The van der Waals surface area contributed by atoms with Crippen LogP contribution in [0.25, 0.3) is 0 Å². The Hall–Kier alpha value is -0.870. The summed E-state index contributed by atoms with van der Waals surface area (Å²) in [5.41, 5.74) is 0. The highest BCUT2D eigenvalue weighted by Crippen LogP contribution is 2.29. The van der Waals surface area contributed by atoms with E-state index in [9.17, 15) is 0 Å². The molecule has 0 spiro atoms. The normalized spacial score (nSPS) is 15.1. The second-order valence-corrected chi connectivity index (χ2v) is 4.22. The average molecular weight is 243 g/mol. The molecule has 1 aromatic heterocycles. The lowest BCUT2D eigenvalue weighted by molar-refractivity contribution is 0.127. The van der Waals surface area contributed by atoms with E-state index in [0.29, 0.717) is 36.0 Å². The standard InChI is InChI=1S/C11H15ClN2O2/c1-2-15-7-10-13-9(12)5-11(14-10)16-6-8-3-4-8/h5,8H,2-4,6-7H2,1H3. The number of hydrogen-bond donors (Lipinski definition) is 0. The van der Waals surface area contributed by atoms with Crippen LogP contribution >= 0.6 is 11.6 Å². The minimum absolute atomic E-state index is 0.372. The molecule has 88 valence electrons. The fraction of sp³-hybridized carbons (Fsp3) is 0.636. The third-order valence-corrected chi connectivity index (χ3v) is 2.51. The molecule has 0 saturated heterocycles. The molecule has 16 heavy (non-hydrogen) atoms. The second-order valence-electron chi connectivity index (χ2n) is 3.84. The summed E-state index contributed by atoms with van der Waals surface area (Å²) in [4.78, 5) is 8.29. The van der Waals surface area contributed by atoms with E-state index in [1.165, 1.54) is 12.8 Å². The number of aromatic nitrogens is 2. The van der Waals surface area contributed by atoms with Crippen LogP contribution < -0.4 is 4.74 Å². The molecular formula is C11H15ClN2O2. The molecule has 0 unspecified atom stereocenters. The first kappa shape index (κ1) is 11.6. The molecule has 2 rings (SSSR count). The minimum Gasteiger partial charge on any atom is -0.477 e. The molecule has 0 radical (unpaired) electrons. The van der Waals surface area contributed by atoms with Crippen molar-refractivity contribution in [3.05, 3.63) is 17.0 Å². The van der Waals surface area contributed by atoms with Crippen LogP contribution in [0.3, 0.4) is 0 Å². The molecule has 0 aromatic carbocycles. The Morgan fingerprint density at radius 1 is 1.44 bits per heavy atom. The van der Waals surface area contributed by atoms with Gasteiger partial charge in [-0.15, -0.1) is 0 Å². The molecule has 1 fully saturated rings. The fourth-order valence-corrected chi connectivity index (χ4v) is 1.45. The van der Waals surface area contributed by atoms with Crippen LogP contribution in [-0.4, -0.2) is 23.2 Å². The van der Waals surface area contributed by atoms with Gasteiger partial charge in [-0.3, -0.25) is 0 Å². The summed E-state index contributed by atoms with van der Waals surface area (Å²) in [6.07, 6.45) is 2.51. The molecule has 1 aromatic rings. The summed E-state index contributed by atoms with van der Waals surface area (Å²) in [6, 6.07) is 1.64. The van der Waals surface area contributed by atoms with Crippen LogP contribution in [-0.2, 0) is 11.3 Å². The summed E-state index contributed by atoms with van der Waals surface area (Å²) >= 11 is 5.87. The Labute approximate surface area is 99.9 Å². The Morgan fingerprint density at radius 2 is 2.25 bits per heavy atom. The molecule has 0 N–H and O–H groups in total. The lowest BCUT2D eigenvalue weighted by atomic mass is 10.5. The maximum absolute atomic E-state index is 5.87. The van der Waals surface area contributed by atoms with Gasteiger partial charge in [0.05, 0.1) is 6.61 Å². The zero-order valence-electron chi connectivity index (χ0n) is 9.28. The van der Waals surface area contributed by atoms with Crippen LogP contribution in [0.5, 0.6) is 5.88 Å². The number of rotatable bonds is 6. The van der Waals surface area contributed by atoms with Gasteiger partial charge in [0.1, 0.15) is 11.8 Å². The molecule has 0 amide bonds. The van der Waals surface area contributed by atoms with Gasteiger partial charge in [-0.1, -0.05) is 11.6 Å². The van der Waals surface area contributed by atoms with E-state index in [1.54, 1.807) is 6.07 Å². The summed E-state index contributed by atoms with van der Waals surface area (Å²) in [5.74, 6) is 1.81. The third kappa shape index (κ3) is 3.61. The monoisotopic (exact) mass is 242 g/mol. The average Bonchev–Trinajstić information content (AvgIpc) is 3.07. The van der Waals surface area contributed by atoms with E-state index in [0.717, 1.165) is 6.61 Å². The maximum atomic E-state index is 5.87. The number of nitrogens with zero attached hydrogens (tertiary/aromatic N) is 2. The quantitative estimate of drug-likeness (QED) is 0.719. The Bertz CT molecular complexity index is 356. The van der Waals surface area contributed by atoms with Gasteiger partial charge in [-0.05, 0) is 25.7 Å². The van der Waals surface area contributed by atoms with Crippen molar-refractivity contribution in [2.45, 2.75) is 26.4 Å². The number of ether oxygens (including phenoxy) is 2. The SMILES string of the molecule is CCOCc1nc(Cl)cc(OCC2CC2)n1. The van der Waals surface area contributed by atoms with Crippen molar-refractivity contribution in [1.29, 1.82) is 0 Å². The summed E-state index contributed by atoms with van der Waals surface area (Å²) in [7, 11) is 0. The van der Waals surface area contributed by atoms with Gasteiger partial charge in [0.25, 0.3) is 0 Å². The molecule has 0 atom stereocenters. The third-order valence-electron chi connectivity index (χ3n) is 2.32. The fourth-order valence-electron chi connectivity index (χ4n) is 1.26. The molecular weight excluding hydrogens is 228 g/mol. The first-order valence-electron chi connectivity index (χ1n) is 5.52. The smallest absolute Gasteiger partial charge is 0.218 e. The highest BCUT2D eigenvalue weighted by Gasteiger charge is 2.22. The Kier molecular flexibility index (Phi) is 3.96. The summed E-state index contributed by atoms with van der Waals surface area (Å²) in [5, 5.41) is 0.399. The van der Waals surface area contributed by atoms with Crippen LogP contribution in [0.15, 0.2) is 6.07 Å². The molecule has 5 heteroatoms. The zero-order chi connectivity index (χ0) is 11.4. The number of halogens is 1. The largest absolute Gasteiger partial charge is 0.477 e. The molecule has 0 bridgehead atoms. The molecule has 1 heterocycles. The van der Waals surface area contributed by atoms with Crippen molar-refractivity contribution in [1.82, 2.24) is 9.97 Å². The summed E-state index contributed by atoms with van der Waals surface area (Å²) in [6.45, 7) is 3.65. The van der Waals surface area contributed by atoms with Crippen molar-refractivity contribution in [2.75, 3.05) is 13.2 Å². The molecule has 0 aliphatic heterocycles. The van der Waals surface area contributed by atoms with Crippen molar-refractivity contribution < 1.29 is 9.47 Å². The second kappa shape index (κ2) is 5.46. The Balaban J connectivity index is 1.96. The summed E-state index contributed by atoms with van der Waals surface area (Å²) < 4.78 is 10.8. The minimum atomic E-state index is 0.372. The van der Waals surface area contributed by atoms with E-state index < -0.39 is 0 Å². The first-order valence-corrected chi connectivity index (χ1v) is 5.89. The molecule has 1 aliphatic carbocycles. The predicted molar refractivity (Wildman–Crippen MR) is 60.6 cm³/mol. The van der Waals surface area contributed by atoms with Crippen LogP contribution in [0.1, 0.15) is 25.6 Å². The van der Waals surface area contributed by atoms with Gasteiger partial charge >= 0.3 is 0 Å². The van der Waals surface area contributed by atoms with Crippen molar-refractivity contribution in [2.24, 2.45) is 5.92 Å². The van der Waals surface area contributed by atoms with Gasteiger partial charge in [0.15, 0.2) is 5.82 Å². The zero-order valence-corrected chi connectivity index (χ0v) is 10.0. The molecule has 1 aliphatic rings. The maximum Gasteiger partial charge on any atom is 0.218 e. The van der Waals surface area contributed by atoms with Crippen molar-refractivity contribution in [3.63, 3.8) is 0 Å². The molecule has 1 saturated carbocycles. The van der Waals surface area contributed by atoms with Crippen LogP contribution in [0.2, 0.25) is 5.15 Å². The highest BCUT2D eigenvalue weighted by molar-refractivity contribution is 6.29. The lowest BCUT2D eigenvalue weighted by Crippen LogP contribution is -2.05. The van der Waals surface area contributed by atoms with Gasteiger partial charge in [0, 0.05) is 12.7 Å². The van der Waals surface area contributed by atoms with Gasteiger partial charge in [-0.25, -0.2) is 4.98 Å².